The third-order valence-electron chi connectivity index (χ3n) is 3.89. The van der Waals surface area contributed by atoms with E-state index in [-0.39, 0.29) is 6.04 Å². The van der Waals surface area contributed by atoms with Crippen LogP contribution in [0.25, 0.3) is 0 Å². The van der Waals surface area contributed by atoms with Gasteiger partial charge in [-0.25, -0.2) is 0 Å². The van der Waals surface area contributed by atoms with Crippen LogP contribution in [0.2, 0.25) is 0 Å². The van der Waals surface area contributed by atoms with Crippen molar-refractivity contribution in [3.8, 4) is 0 Å². The van der Waals surface area contributed by atoms with E-state index in [9.17, 15) is 0 Å². The second kappa shape index (κ2) is 6.27. The van der Waals surface area contributed by atoms with Crippen molar-refractivity contribution in [1.29, 1.82) is 0 Å². The number of rotatable bonds is 5. The fourth-order valence-electron chi connectivity index (χ4n) is 2.36. The lowest BCUT2D eigenvalue weighted by atomic mass is 10.00. The van der Waals surface area contributed by atoms with Gasteiger partial charge in [-0.2, -0.15) is 0 Å². The average Bonchev–Trinajstić information content (AvgIpc) is 2.86. The minimum atomic E-state index is 0.125. The van der Waals surface area contributed by atoms with Gasteiger partial charge in [0.1, 0.15) is 0 Å². The van der Waals surface area contributed by atoms with Crippen molar-refractivity contribution < 1.29 is 0 Å². The summed E-state index contributed by atoms with van der Waals surface area (Å²) in [6.45, 7) is 9.67. The van der Waals surface area contributed by atoms with E-state index in [0.29, 0.717) is 11.8 Å². The molecule has 2 nitrogen and oxygen atoms in total. The Morgan fingerprint density at radius 2 is 1.60 bits per heavy atom. The maximum atomic E-state index is 6.18. The SMILES string of the molecule is CC(C)c1ccc(Cn2ccc(C(N)C(C)C)c2)cc1. The van der Waals surface area contributed by atoms with Gasteiger partial charge in [0.2, 0.25) is 0 Å². The number of nitrogens with two attached hydrogens (primary N) is 1. The molecule has 0 saturated heterocycles. The summed E-state index contributed by atoms with van der Waals surface area (Å²) < 4.78 is 2.21. The molecule has 2 heteroatoms. The minimum absolute atomic E-state index is 0.125. The minimum Gasteiger partial charge on any atom is -0.350 e. The first-order valence-corrected chi connectivity index (χ1v) is 7.47. The highest BCUT2D eigenvalue weighted by atomic mass is 14.9. The molecule has 0 radical (unpaired) electrons. The quantitative estimate of drug-likeness (QED) is 0.862. The molecule has 0 saturated carbocycles. The molecule has 1 heterocycles. The van der Waals surface area contributed by atoms with E-state index in [0.717, 1.165) is 6.54 Å². The highest BCUT2D eigenvalue weighted by Gasteiger charge is 2.11. The molecule has 0 fully saturated rings. The molecule has 1 unspecified atom stereocenters. The zero-order valence-electron chi connectivity index (χ0n) is 13.0. The standard InChI is InChI=1S/C18H26N2/c1-13(2)16-7-5-15(6-8-16)11-20-10-9-17(12-20)18(19)14(3)4/h5-10,12-14,18H,11,19H2,1-4H3. The molecule has 108 valence electrons. The fraction of sp³-hybridized carbons (Fsp3) is 0.444. The van der Waals surface area contributed by atoms with Crippen LogP contribution in [-0.2, 0) is 6.54 Å². The Morgan fingerprint density at radius 3 is 2.15 bits per heavy atom. The highest BCUT2D eigenvalue weighted by Crippen LogP contribution is 2.20. The van der Waals surface area contributed by atoms with Gasteiger partial charge in [0.05, 0.1) is 0 Å². The summed E-state index contributed by atoms with van der Waals surface area (Å²) in [5.41, 5.74) is 10.1. The number of hydrogen-bond donors (Lipinski definition) is 1. The molecule has 2 N–H and O–H groups in total. The van der Waals surface area contributed by atoms with Gasteiger partial charge in [0, 0.05) is 25.0 Å². The van der Waals surface area contributed by atoms with Crippen molar-refractivity contribution in [1.82, 2.24) is 4.57 Å². The van der Waals surface area contributed by atoms with Crippen LogP contribution in [0.3, 0.4) is 0 Å². The van der Waals surface area contributed by atoms with E-state index in [2.05, 4.69) is 75.0 Å². The Hall–Kier alpha value is -1.54. The first-order chi connectivity index (χ1) is 9.47. The van der Waals surface area contributed by atoms with Gasteiger partial charge >= 0.3 is 0 Å². The number of benzene rings is 1. The van der Waals surface area contributed by atoms with Crippen LogP contribution in [0, 0.1) is 5.92 Å². The predicted molar refractivity (Wildman–Crippen MR) is 85.8 cm³/mol. The molecule has 0 spiro atoms. The highest BCUT2D eigenvalue weighted by molar-refractivity contribution is 5.25. The van der Waals surface area contributed by atoms with Gasteiger partial charge in [-0.05, 0) is 34.6 Å². The Bertz CT molecular complexity index is 535. The summed E-state index contributed by atoms with van der Waals surface area (Å²) in [6.07, 6.45) is 4.29. The predicted octanol–water partition coefficient (Wildman–Crippen LogP) is 4.32. The monoisotopic (exact) mass is 270 g/mol. The molecule has 1 aromatic heterocycles. The summed E-state index contributed by atoms with van der Waals surface area (Å²) >= 11 is 0. The largest absolute Gasteiger partial charge is 0.350 e. The first-order valence-electron chi connectivity index (χ1n) is 7.47. The third kappa shape index (κ3) is 3.51. The van der Waals surface area contributed by atoms with Gasteiger partial charge < -0.3 is 10.3 Å². The van der Waals surface area contributed by atoms with E-state index >= 15 is 0 Å². The van der Waals surface area contributed by atoms with E-state index in [1.807, 2.05) is 0 Å². The van der Waals surface area contributed by atoms with Gasteiger partial charge in [-0.15, -0.1) is 0 Å². The van der Waals surface area contributed by atoms with Crippen molar-refractivity contribution in [2.45, 2.75) is 46.2 Å². The fourth-order valence-corrected chi connectivity index (χ4v) is 2.36. The maximum Gasteiger partial charge on any atom is 0.0470 e. The molecule has 20 heavy (non-hydrogen) atoms. The zero-order valence-corrected chi connectivity index (χ0v) is 13.0. The molecular formula is C18H26N2. The smallest absolute Gasteiger partial charge is 0.0470 e. The zero-order chi connectivity index (χ0) is 14.7. The molecule has 1 aromatic carbocycles. The van der Waals surface area contributed by atoms with Crippen LogP contribution in [0.4, 0.5) is 0 Å². The van der Waals surface area contributed by atoms with Gasteiger partial charge in [0.15, 0.2) is 0 Å². The van der Waals surface area contributed by atoms with E-state index in [1.165, 1.54) is 16.7 Å². The normalized spacial score (nSPS) is 13.2. The molecule has 0 amide bonds. The van der Waals surface area contributed by atoms with Crippen LogP contribution >= 0.6 is 0 Å². The first kappa shape index (κ1) is 14.9. The van der Waals surface area contributed by atoms with E-state index < -0.39 is 0 Å². The molecule has 2 aromatic rings. The maximum absolute atomic E-state index is 6.18. The molecular weight excluding hydrogens is 244 g/mol. The molecule has 2 rings (SSSR count). The third-order valence-corrected chi connectivity index (χ3v) is 3.89. The topological polar surface area (TPSA) is 30.9 Å². The number of hydrogen-bond acceptors (Lipinski definition) is 1. The van der Waals surface area contributed by atoms with Crippen LogP contribution in [0.15, 0.2) is 42.7 Å². The molecule has 0 aliphatic heterocycles. The van der Waals surface area contributed by atoms with Crippen molar-refractivity contribution in [2.24, 2.45) is 11.7 Å². The number of nitrogens with zero attached hydrogens (tertiary/aromatic N) is 1. The Labute approximate surface area is 122 Å². The lowest BCUT2D eigenvalue weighted by Gasteiger charge is -2.13. The summed E-state index contributed by atoms with van der Waals surface area (Å²) in [5, 5.41) is 0. The summed E-state index contributed by atoms with van der Waals surface area (Å²) in [5.74, 6) is 1.06. The summed E-state index contributed by atoms with van der Waals surface area (Å²) in [7, 11) is 0. The van der Waals surface area contributed by atoms with Gasteiger partial charge in [0.25, 0.3) is 0 Å². The molecule has 0 aliphatic rings. The summed E-state index contributed by atoms with van der Waals surface area (Å²) in [6, 6.07) is 11.1. The molecule has 1 atom stereocenters. The number of aromatic nitrogens is 1. The van der Waals surface area contributed by atoms with Crippen molar-refractivity contribution in [3.05, 3.63) is 59.4 Å². The van der Waals surface area contributed by atoms with Crippen LogP contribution in [0.1, 0.15) is 56.3 Å². The van der Waals surface area contributed by atoms with Gasteiger partial charge in [-0.1, -0.05) is 52.0 Å². The van der Waals surface area contributed by atoms with E-state index in [1.54, 1.807) is 0 Å². The summed E-state index contributed by atoms with van der Waals surface area (Å²) in [4.78, 5) is 0. The average molecular weight is 270 g/mol. The lowest BCUT2D eigenvalue weighted by molar-refractivity contribution is 0.513. The van der Waals surface area contributed by atoms with Crippen LogP contribution in [-0.4, -0.2) is 4.57 Å². The Kier molecular flexibility index (Phi) is 4.66. The van der Waals surface area contributed by atoms with Crippen molar-refractivity contribution in [2.75, 3.05) is 0 Å². The van der Waals surface area contributed by atoms with Crippen LogP contribution in [0.5, 0.6) is 0 Å². The van der Waals surface area contributed by atoms with Crippen LogP contribution < -0.4 is 5.73 Å². The second-order valence-corrected chi connectivity index (χ2v) is 6.28. The van der Waals surface area contributed by atoms with Gasteiger partial charge in [-0.3, -0.25) is 0 Å². The lowest BCUT2D eigenvalue weighted by Crippen LogP contribution is -2.15. The Morgan fingerprint density at radius 1 is 0.950 bits per heavy atom. The van der Waals surface area contributed by atoms with Crippen molar-refractivity contribution in [3.63, 3.8) is 0 Å². The Balaban J connectivity index is 2.07. The van der Waals surface area contributed by atoms with Crippen molar-refractivity contribution >= 4 is 0 Å². The molecule has 0 aliphatic carbocycles. The molecule has 0 bridgehead atoms. The van der Waals surface area contributed by atoms with E-state index in [4.69, 9.17) is 5.73 Å². The second-order valence-electron chi connectivity index (χ2n) is 6.28.